The van der Waals surface area contributed by atoms with Crippen molar-refractivity contribution in [2.75, 3.05) is 37.6 Å². The number of hydrogen-bond donors (Lipinski definition) is 1. The van der Waals surface area contributed by atoms with Crippen molar-refractivity contribution in [1.82, 2.24) is 20.4 Å². The highest BCUT2D eigenvalue weighted by molar-refractivity contribution is 5.96. The van der Waals surface area contributed by atoms with Crippen LogP contribution in [0, 0.1) is 11.3 Å². The Morgan fingerprint density at radius 1 is 1.09 bits per heavy atom. The molecule has 0 radical (unpaired) electrons. The molecule has 2 heterocycles. The predicted molar refractivity (Wildman–Crippen MR) is 118 cm³/mol. The Labute approximate surface area is 195 Å². The van der Waals surface area contributed by atoms with Crippen molar-refractivity contribution in [2.24, 2.45) is 11.3 Å². The van der Waals surface area contributed by atoms with Gasteiger partial charge in [-0.05, 0) is 36.0 Å². The van der Waals surface area contributed by atoms with Gasteiger partial charge in [-0.1, -0.05) is 26.0 Å². The van der Waals surface area contributed by atoms with E-state index in [0.29, 0.717) is 31.4 Å². The molecule has 2 amide bonds. The highest BCUT2D eigenvalue weighted by Crippen LogP contribution is 2.50. The molecule has 2 aliphatic rings. The summed E-state index contributed by atoms with van der Waals surface area (Å²) in [6.45, 7) is 6.08. The Balaban J connectivity index is 1.29. The normalized spacial score (nSPS) is 19.5. The predicted octanol–water partition coefficient (Wildman–Crippen LogP) is 3.59. The molecule has 1 saturated carbocycles. The minimum atomic E-state index is -4.60. The fourth-order valence-corrected chi connectivity index (χ4v) is 4.02. The Hall–Kier alpha value is -3.37. The minimum absolute atomic E-state index is 0.0638. The number of amides is 2. The van der Waals surface area contributed by atoms with E-state index in [9.17, 15) is 22.8 Å². The number of nitrogens with zero attached hydrogens (tertiary/aromatic N) is 4. The molecule has 1 aromatic heterocycles. The number of piperazine rings is 1. The van der Waals surface area contributed by atoms with E-state index in [1.54, 1.807) is 6.07 Å². The second kappa shape index (κ2) is 9.11. The van der Waals surface area contributed by atoms with E-state index in [2.05, 4.69) is 29.4 Å². The number of nitrogens with one attached hydrogen (secondary N) is 1. The highest BCUT2D eigenvalue weighted by Gasteiger charge is 2.45. The Kier molecular flexibility index (Phi) is 6.37. The summed E-state index contributed by atoms with van der Waals surface area (Å²) in [5, 5.41) is 10.7. The van der Waals surface area contributed by atoms with Crippen LogP contribution in [-0.2, 0) is 6.18 Å². The summed E-state index contributed by atoms with van der Waals surface area (Å²) in [5.74, 6) is 0.383. The van der Waals surface area contributed by atoms with Crippen molar-refractivity contribution in [3.63, 3.8) is 0 Å². The molecule has 1 N–H and O–H groups in total. The quantitative estimate of drug-likeness (QED) is 0.708. The summed E-state index contributed by atoms with van der Waals surface area (Å²) in [6.07, 6.45) is -4.12. The molecule has 2 fully saturated rings. The van der Waals surface area contributed by atoms with E-state index in [-0.39, 0.29) is 29.9 Å². The third kappa shape index (κ3) is 5.40. The average Bonchev–Trinajstić information content (AvgIpc) is 3.43. The van der Waals surface area contributed by atoms with Gasteiger partial charge in [0.1, 0.15) is 0 Å². The number of hydrogen-bond acceptors (Lipinski definition) is 6. The van der Waals surface area contributed by atoms with Crippen molar-refractivity contribution in [2.45, 2.75) is 26.4 Å². The molecular weight excluding hydrogens is 451 g/mol. The molecule has 4 rings (SSSR count). The first-order valence-corrected chi connectivity index (χ1v) is 11.0. The van der Waals surface area contributed by atoms with Crippen LogP contribution in [0.5, 0.6) is 5.88 Å². The molecule has 2 aromatic rings. The van der Waals surface area contributed by atoms with Gasteiger partial charge in [0.2, 0.25) is 5.88 Å². The molecule has 1 aliphatic heterocycles. The van der Waals surface area contributed by atoms with Crippen LogP contribution in [0.25, 0.3) is 0 Å². The lowest BCUT2D eigenvalue weighted by Gasteiger charge is -2.35. The lowest BCUT2D eigenvalue weighted by atomic mass is 10.1. The zero-order chi connectivity index (χ0) is 24.5. The smallest absolute Gasteiger partial charge is 0.390 e. The number of halogens is 3. The van der Waals surface area contributed by atoms with Gasteiger partial charge in [-0.2, -0.15) is 13.2 Å². The SMILES string of the molecule is CC1(C)CC1CNC(=O)Oc1ccc(N2CCN(C(=O)c3ccccc3C(F)(F)F)CC2)nn1. The van der Waals surface area contributed by atoms with Crippen LogP contribution in [0.1, 0.15) is 36.2 Å². The maximum Gasteiger partial charge on any atom is 0.417 e. The molecule has 0 bridgehead atoms. The zero-order valence-corrected chi connectivity index (χ0v) is 18.9. The van der Waals surface area contributed by atoms with Crippen molar-refractivity contribution in [3.05, 3.63) is 47.5 Å². The van der Waals surface area contributed by atoms with Crippen LogP contribution < -0.4 is 15.0 Å². The van der Waals surface area contributed by atoms with Crippen LogP contribution in [-0.4, -0.2) is 59.8 Å². The van der Waals surface area contributed by atoms with Gasteiger partial charge >= 0.3 is 12.3 Å². The summed E-state index contributed by atoms with van der Waals surface area (Å²) in [5.41, 5.74) is -1.03. The van der Waals surface area contributed by atoms with Crippen LogP contribution in [0.2, 0.25) is 0 Å². The molecule has 1 unspecified atom stereocenters. The summed E-state index contributed by atoms with van der Waals surface area (Å²) in [6, 6.07) is 7.97. The summed E-state index contributed by atoms with van der Waals surface area (Å²) in [4.78, 5) is 27.9. The molecule has 1 saturated heterocycles. The van der Waals surface area contributed by atoms with E-state index in [1.807, 2.05) is 4.90 Å². The van der Waals surface area contributed by atoms with Crippen molar-refractivity contribution in [1.29, 1.82) is 0 Å². The second-order valence-electron chi connectivity index (χ2n) is 9.21. The number of carbonyl (C=O) groups excluding carboxylic acids is 2. The number of ether oxygens (including phenoxy) is 1. The molecule has 0 spiro atoms. The Morgan fingerprint density at radius 2 is 1.76 bits per heavy atom. The average molecular weight is 477 g/mol. The van der Waals surface area contributed by atoms with E-state index in [1.165, 1.54) is 29.2 Å². The van der Waals surface area contributed by atoms with Gasteiger partial charge in [-0.25, -0.2) is 4.79 Å². The van der Waals surface area contributed by atoms with Crippen LogP contribution in [0.4, 0.5) is 23.8 Å². The monoisotopic (exact) mass is 477 g/mol. The van der Waals surface area contributed by atoms with Crippen LogP contribution >= 0.6 is 0 Å². The van der Waals surface area contributed by atoms with Gasteiger partial charge in [-0.15, -0.1) is 10.2 Å². The van der Waals surface area contributed by atoms with Crippen molar-refractivity contribution in [3.8, 4) is 5.88 Å². The fraction of sp³-hybridized carbons (Fsp3) is 0.478. The number of alkyl halides is 3. The summed E-state index contributed by atoms with van der Waals surface area (Å²) in [7, 11) is 0. The Bertz CT molecular complexity index is 1050. The molecule has 1 aliphatic carbocycles. The maximum absolute atomic E-state index is 13.3. The number of aromatic nitrogens is 2. The van der Waals surface area contributed by atoms with Crippen LogP contribution in [0.3, 0.4) is 0 Å². The molecule has 8 nitrogen and oxygen atoms in total. The van der Waals surface area contributed by atoms with Crippen LogP contribution in [0.15, 0.2) is 36.4 Å². The van der Waals surface area contributed by atoms with E-state index in [0.717, 1.165) is 12.5 Å². The number of benzene rings is 1. The maximum atomic E-state index is 13.3. The first-order chi connectivity index (χ1) is 16.0. The van der Waals surface area contributed by atoms with Gasteiger partial charge < -0.3 is 19.9 Å². The number of rotatable bonds is 5. The Morgan fingerprint density at radius 3 is 2.35 bits per heavy atom. The first kappa shape index (κ1) is 23.8. The fourth-order valence-electron chi connectivity index (χ4n) is 4.02. The lowest BCUT2D eigenvalue weighted by Crippen LogP contribution is -2.49. The lowest BCUT2D eigenvalue weighted by molar-refractivity contribution is -0.138. The van der Waals surface area contributed by atoms with Gasteiger partial charge in [-0.3, -0.25) is 4.79 Å². The number of carbonyl (C=O) groups is 2. The van der Waals surface area contributed by atoms with E-state index >= 15 is 0 Å². The second-order valence-corrected chi connectivity index (χ2v) is 9.21. The summed E-state index contributed by atoms with van der Waals surface area (Å²) >= 11 is 0. The molecule has 34 heavy (non-hydrogen) atoms. The molecule has 11 heteroatoms. The summed E-state index contributed by atoms with van der Waals surface area (Å²) < 4.78 is 44.9. The van der Waals surface area contributed by atoms with Gasteiger partial charge in [0.25, 0.3) is 5.91 Å². The molecule has 1 aromatic carbocycles. The minimum Gasteiger partial charge on any atom is -0.390 e. The third-order valence-electron chi connectivity index (χ3n) is 6.39. The van der Waals surface area contributed by atoms with Gasteiger partial charge in [0.15, 0.2) is 5.82 Å². The topological polar surface area (TPSA) is 87.7 Å². The van der Waals surface area contributed by atoms with E-state index < -0.39 is 23.7 Å². The molecular formula is C23H26F3N5O3. The number of anilines is 1. The first-order valence-electron chi connectivity index (χ1n) is 11.0. The van der Waals surface area contributed by atoms with Crippen molar-refractivity contribution >= 4 is 17.8 Å². The highest BCUT2D eigenvalue weighted by atomic mass is 19.4. The molecule has 182 valence electrons. The van der Waals surface area contributed by atoms with Crippen molar-refractivity contribution < 1.29 is 27.5 Å². The standard InChI is InChI=1S/C23H26F3N5O3/c1-22(2)13-15(22)14-27-21(33)34-19-8-7-18(28-29-19)30-9-11-31(12-10-30)20(32)16-5-3-4-6-17(16)23(24,25)26/h3-8,15H,9-14H2,1-2H3,(H,27,33). The van der Waals surface area contributed by atoms with Gasteiger partial charge in [0, 0.05) is 38.8 Å². The largest absolute Gasteiger partial charge is 0.417 e. The zero-order valence-electron chi connectivity index (χ0n) is 18.9. The van der Waals surface area contributed by atoms with Gasteiger partial charge in [0.05, 0.1) is 11.1 Å². The van der Waals surface area contributed by atoms with E-state index in [4.69, 9.17) is 4.74 Å². The third-order valence-corrected chi connectivity index (χ3v) is 6.39. The molecule has 1 atom stereocenters.